The van der Waals surface area contributed by atoms with E-state index < -0.39 is 0 Å². The van der Waals surface area contributed by atoms with Gasteiger partial charge in [-0.1, -0.05) is 29.8 Å². The van der Waals surface area contributed by atoms with Gasteiger partial charge in [-0.05, 0) is 54.8 Å². The quantitative estimate of drug-likeness (QED) is 0.552. The molecule has 0 aliphatic carbocycles. The molecular weight excluding hydrogens is 416 g/mol. The van der Waals surface area contributed by atoms with Crippen molar-refractivity contribution in [2.24, 2.45) is 0 Å². The summed E-state index contributed by atoms with van der Waals surface area (Å²) in [4.78, 5) is 30.3. The van der Waals surface area contributed by atoms with Gasteiger partial charge in [-0.25, -0.2) is 4.90 Å². The summed E-state index contributed by atoms with van der Waals surface area (Å²) in [7, 11) is 3.21. The summed E-state index contributed by atoms with van der Waals surface area (Å²) in [5, 5.41) is 0.560. The van der Waals surface area contributed by atoms with E-state index in [-0.39, 0.29) is 11.8 Å². The molecule has 0 fully saturated rings. The summed E-state index contributed by atoms with van der Waals surface area (Å²) < 4.78 is 10.5. The zero-order valence-electron chi connectivity index (χ0n) is 18.3. The molecule has 0 saturated carbocycles. The number of hydrogen-bond acceptors (Lipinski definition) is 5. The second-order valence-corrected chi connectivity index (χ2v) is 7.85. The molecular formula is C24H27ClN2O4. The first-order chi connectivity index (χ1) is 14.9. The van der Waals surface area contributed by atoms with Crippen LogP contribution in [0.25, 0.3) is 5.57 Å². The number of amides is 2. The zero-order chi connectivity index (χ0) is 22.5. The number of halogens is 1. The molecule has 0 unspecified atom stereocenters. The first kappa shape index (κ1) is 23.0. The number of hydrogen-bond donors (Lipinski definition) is 0. The summed E-state index contributed by atoms with van der Waals surface area (Å²) >= 11 is 6.05. The van der Waals surface area contributed by atoms with Gasteiger partial charge < -0.3 is 14.4 Å². The Morgan fingerprint density at radius 2 is 1.48 bits per heavy atom. The molecule has 0 saturated heterocycles. The largest absolute Gasteiger partial charge is 0.383 e. The minimum atomic E-state index is -0.356. The smallest absolute Gasteiger partial charge is 0.282 e. The lowest BCUT2D eigenvalue weighted by atomic mass is 10.0. The fraction of sp³-hybridized carbons (Fsp3) is 0.333. The molecule has 6 nitrogen and oxygen atoms in total. The molecule has 1 aliphatic rings. The van der Waals surface area contributed by atoms with Crippen molar-refractivity contribution in [3.05, 3.63) is 69.9 Å². The second-order valence-electron chi connectivity index (χ2n) is 7.42. The normalized spacial score (nSPS) is 14.0. The van der Waals surface area contributed by atoms with Crippen LogP contribution in [-0.4, -0.2) is 57.2 Å². The predicted octanol–water partition coefficient (Wildman–Crippen LogP) is 3.84. The van der Waals surface area contributed by atoms with Crippen LogP contribution >= 0.6 is 11.6 Å². The van der Waals surface area contributed by atoms with Crippen LogP contribution in [0.15, 0.2) is 48.2 Å². The van der Waals surface area contributed by atoms with E-state index in [1.807, 2.05) is 30.9 Å². The third kappa shape index (κ3) is 4.82. The van der Waals surface area contributed by atoms with Crippen molar-refractivity contribution in [2.45, 2.75) is 13.8 Å². The monoisotopic (exact) mass is 442 g/mol. The molecule has 3 rings (SSSR count). The number of nitrogens with zero attached hydrogens (tertiary/aromatic N) is 2. The Bertz CT molecular complexity index is 993. The van der Waals surface area contributed by atoms with Gasteiger partial charge in [-0.2, -0.15) is 0 Å². The van der Waals surface area contributed by atoms with E-state index in [9.17, 15) is 9.59 Å². The molecule has 31 heavy (non-hydrogen) atoms. The molecule has 0 N–H and O–H groups in total. The SMILES string of the molecule is COCCN(CCOC)C1=C(c2ccc(Cl)cc2)C(=O)N(c2ccc(C)c(C)c2)C1=O. The first-order valence-corrected chi connectivity index (χ1v) is 10.5. The van der Waals surface area contributed by atoms with Crippen LogP contribution in [0.1, 0.15) is 16.7 Å². The van der Waals surface area contributed by atoms with E-state index >= 15 is 0 Å². The van der Waals surface area contributed by atoms with E-state index in [2.05, 4.69) is 0 Å². The Kier molecular flexibility index (Phi) is 7.49. The number of carbonyl (C=O) groups is 2. The average molecular weight is 443 g/mol. The van der Waals surface area contributed by atoms with Crippen LogP contribution in [0.5, 0.6) is 0 Å². The van der Waals surface area contributed by atoms with Gasteiger partial charge in [-0.15, -0.1) is 0 Å². The van der Waals surface area contributed by atoms with E-state index in [1.165, 1.54) is 4.90 Å². The molecule has 2 aromatic rings. The number of carbonyl (C=O) groups excluding carboxylic acids is 2. The van der Waals surface area contributed by atoms with Crippen molar-refractivity contribution in [1.29, 1.82) is 0 Å². The van der Waals surface area contributed by atoms with Gasteiger partial charge in [0, 0.05) is 32.3 Å². The van der Waals surface area contributed by atoms with Gasteiger partial charge in [0.25, 0.3) is 11.8 Å². The van der Waals surface area contributed by atoms with Gasteiger partial charge in [0.15, 0.2) is 0 Å². The lowest BCUT2D eigenvalue weighted by molar-refractivity contribution is -0.120. The van der Waals surface area contributed by atoms with Crippen LogP contribution in [-0.2, 0) is 19.1 Å². The van der Waals surface area contributed by atoms with Crippen molar-refractivity contribution >= 4 is 34.7 Å². The maximum absolute atomic E-state index is 13.6. The molecule has 164 valence electrons. The van der Waals surface area contributed by atoms with E-state index in [0.717, 1.165) is 11.1 Å². The summed E-state index contributed by atoms with van der Waals surface area (Å²) in [6, 6.07) is 12.5. The maximum atomic E-state index is 13.6. The van der Waals surface area contributed by atoms with Gasteiger partial charge >= 0.3 is 0 Å². The van der Waals surface area contributed by atoms with Crippen molar-refractivity contribution < 1.29 is 19.1 Å². The topological polar surface area (TPSA) is 59.1 Å². The molecule has 0 atom stereocenters. The molecule has 7 heteroatoms. The molecule has 2 aromatic carbocycles. The number of rotatable bonds is 9. The fourth-order valence-corrected chi connectivity index (χ4v) is 3.65. The first-order valence-electron chi connectivity index (χ1n) is 10.1. The molecule has 2 amide bonds. The summed E-state index contributed by atoms with van der Waals surface area (Å²) in [6.45, 7) is 5.67. The van der Waals surface area contributed by atoms with Gasteiger partial charge in [0.2, 0.25) is 0 Å². The number of anilines is 1. The molecule has 1 heterocycles. The molecule has 1 aliphatic heterocycles. The molecule has 0 radical (unpaired) electrons. The van der Waals surface area contributed by atoms with Crippen molar-refractivity contribution in [2.75, 3.05) is 45.4 Å². The number of imide groups is 1. The highest BCUT2D eigenvalue weighted by Crippen LogP contribution is 2.35. The van der Waals surface area contributed by atoms with Crippen LogP contribution in [0.3, 0.4) is 0 Å². The Hall–Kier alpha value is -2.67. The van der Waals surface area contributed by atoms with E-state index in [1.54, 1.807) is 44.6 Å². The predicted molar refractivity (Wildman–Crippen MR) is 122 cm³/mol. The Morgan fingerprint density at radius 1 is 0.871 bits per heavy atom. The number of aryl methyl sites for hydroxylation is 2. The zero-order valence-corrected chi connectivity index (χ0v) is 19.0. The van der Waals surface area contributed by atoms with Crippen LogP contribution in [0, 0.1) is 13.8 Å². The molecule has 0 spiro atoms. The lowest BCUT2D eigenvalue weighted by Gasteiger charge is -2.25. The third-order valence-corrected chi connectivity index (χ3v) is 5.64. The number of ether oxygens (including phenoxy) is 2. The molecule has 0 bridgehead atoms. The van der Waals surface area contributed by atoms with Gasteiger partial charge in [-0.3, -0.25) is 9.59 Å². The van der Waals surface area contributed by atoms with Crippen LogP contribution < -0.4 is 4.90 Å². The Morgan fingerprint density at radius 3 is 2.03 bits per heavy atom. The second kappa shape index (κ2) is 10.1. The Labute approximate surface area is 188 Å². The highest BCUT2D eigenvalue weighted by molar-refractivity contribution is 6.45. The van der Waals surface area contributed by atoms with Crippen molar-refractivity contribution in [1.82, 2.24) is 4.90 Å². The lowest BCUT2D eigenvalue weighted by Crippen LogP contribution is -2.37. The highest BCUT2D eigenvalue weighted by Gasteiger charge is 2.42. The minimum Gasteiger partial charge on any atom is -0.383 e. The number of benzene rings is 2. The summed E-state index contributed by atoms with van der Waals surface area (Å²) in [5.41, 5.74) is 4.00. The Balaban J connectivity index is 2.13. The van der Waals surface area contributed by atoms with Gasteiger partial charge in [0.1, 0.15) is 5.70 Å². The standard InChI is InChI=1S/C24H27ClN2O4/c1-16-5-10-20(15-17(16)2)27-23(28)21(18-6-8-19(25)9-7-18)22(24(27)29)26(11-13-30-3)12-14-31-4/h5-10,15H,11-14H2,1-4H3. The van der Waals surface area contributed by atoms with E-state index in [0.29, 0.717) is 53.8 Å². The van der Waals surface area contributed by atoms with Crippen molar-refractivity contribution in [3.63, 3.8) is 0 Å². The van der Waals surface area contributed by atoms with Gasteiger partial charge in [0.05, 0.1) is 24.5 Å². The van der Waals surface area contributed by atoms with Crippen molar-refractivity contribution in [3.8, 4) is 0 Å². The summed E-state index contributed by atoms with van der Waals surface area (Å²) in [6.07, 6.45) is 0. The number of methoxy groups -OCH3 is 2. The van der Waals surface area contributed by atoms with Crippen LogP contribution in [0.4, 0.5) is 5.69 Å². The molecule has 0 aromatic heterocycles. The van der Waals surface area contributed by atoms with E-state index in [4.69, 9.17) is 21.1 Å². The summed E-state index contributed by atoms with van der Waals surface area (Å²) in [5.74, 6) is -0.712. The third-order valence-electron chi connectivity index (χ3n) is 5.39. The average Bonchev–Trinajstić information content (AvgIpc) is 3.01. The maximum Gasteiger partial charge on any atom is 0.282 e. The minimum absolute atomic E-state index is 0.347. The van der Waals surface area contributed by atoms with Crippen LogP contribution in [0.2, 0.25) is 5.02 Å². The fourth-order valence-electron chi connectivity index (χ4n) is 3.53. The highest BCUT2D eigenvalue weighted by atomic mass is 35.5.